The summed E-state index contributed by atoms with van der Waals surface area (Å²) in [5, 5.41) is 2.93. The van der Waals surface area contributed by atoms with Gasteiger partial charge in [0, 0.05) is 12.5 Å². The molecule has 1 saturated heterocycles. The predicted molar refractivity (Wildman–Crippen MR) is 170 cm³/mol. The molecule has 13 heteroatoms. The van der Waals surface area contributed by atoms with E-state index < -0.39 is 69.9 Å². The number of rotatable bonds is 9. The highest BCUT2D eigenvalue weighted by atomic mass is 19.4. The molecule has 1 aliphatic rings. The first-order valence-electron chi connectivity index (χ1n) is 15.5. The Morgan fingerprint density at radius 2 is 1.65 bits per heavy atom. The number of hydrogen-bond donors (Lipinski definition) is 2. The minimum absolute atomic E-state index is 0.00301. The summed E-state index contributed by atoms with van der Waals surface area (Å²) >= 11 is 0. The molecule has 1 heterocycles. The Balaban J connectivity index is 1.70. The maximum atomic E-state index is 14.4. The van der Waals surface area contributed by atoms with Crippen molar-refractivity contribution >= 4 is 12.0 Å². The van der Waals surface area contributed by atoms with E-state index in [-0.39, 0.29) is 38.5 Å². The van der Waals surface area contributed by atoms with Crippen LogP contribution in [0, 0.1) is 12.7 Å². The first kappa shape index (κ1) is 37.4. The van der Waals surface area contributed by atoms with Crippen molar-refractivity contribution in [1.82, 2.24) is 10.2 Å². The third kappa shape index (κ3) is 8.62. The molecule has 4 rings (SSSR count). The Morgan fingerprint density at radius 1 is 1.04 bits per heavy atom. The summed E-state index contributed by atoms with van der Waals surface area (Å²) in [6, 6.07) is 13.3. The van der Waals surface area contributed by atoms with Crippen LogP contribution in [0.3, 0.4) is 0 Å². The summed E-state index contributed by atoms with van der Waals surface area (Å²) < 4.78 is 102. The van der Waals surface area contributed by atoms with Crippen molar-refractivity contribution in [3.63, 3.8) is 0 Å². The molecule has 1 aliphatic heterocycles. The monoisotopic (exact) mass is 693 g/mol. The molecule has 2 amide bonds. The molecule has 1 fully saturated rings. The number of piperidine rings is 1. The average Bonchev–Trinajstić information content (AvgIpc) is 3.02. The number of ether oxygens (including phenoxy) is 1. The minimum atomic E-state index is -5.09. The van der Waals surface area contributed by atoms with Crippen LogP contribution in [-0.2, 0) is 28.5 Å². The van der Waals surface area contributed by atoms with Crippen LogP contribution in [0.4, 0.5) is 35.5 Å². The van der Waals surface area contributed by atoms with E-state index in [0.29, 0.717) is 23.3 Å². The molecular weight excluding hydrogens is 655 g/mol. The third-order valence-electron chi connectivity index (χ3n) is 9.23. The molecular formula is C36H38F7N3O3. The average molecular weight is 694 g/mol. The second kappa shape index (κ2) is 14.2. The van der Waals surface area contributed by atoms with Gasteiger partial charge in [-0.05, 0) is 85.7 Å². The predicted octanol–water partition coefficient (Wildman–Crippen LogP) is 8.60. The van der Waals surface area contributed by atoms with Crippen molar-refractivity contribution < 1.29 is 45.1 Å². The van der Waals surface area contributed by atoms with Crippen LogP contribution in [0.5, 0.6) is 0 Å². The number of carbonyl (C=O) groups excluding carboxylic acids is 2. The quantitative estimate of drug-likeness (QED) is 0.174. The SMILES string of the molecule is C=CC[C@]1(NC(=O)OCc2ccccc2)CCN(C(=O)C(C)(N)[C@H](C)c2cc(C(F)(F)F)cc(C(F)(F)F)c2)[C@@H](c2ccc(F)cc2C)C1. The maximum absolute atomic E-state index is 14.4. The van der Waals surface area contributed by atoms with Crippen LogP contribution in [0.15, 0.2) is 79.4 Å². The van der Waals surface area contributed by atoms with Gasteiger partial charge in [-0.3, -0.25) is 4.79 Å². The lowest BCUT2D eigenvalue weighted by atomic mass is 9.75. The molecule has 0 aromatic heterocycles. The van der Waals surface area contributed by atoms with Gasteiger partial charge in [0.05, 0.1) is 28.2 Å². The number of alkyl carbamates (subject to hydrolysis) is 1. The van der Waals surface area contributed by atoms with E-state index >= 15 is 0 Å². The Labute approximate surface area is 280 Å². The molecule has 49 heavy (non-hydrogen) atoms. The lowest BCUT2D eigenvalue weighted by Crippen LogP contribution is -2.62. The molecule has 0 spiro atoms. The third-order valence-corrected chi connectivity index (χ3v) is 9.23. The van der Waals surface area contributed by atoms with Crippen LogP contribution in [0.25, 0.3) is 0 Å². The van der Waals surface area contributed by atoms with Crippen molar-refractivity contribution in [3.8, 4) is 0 Å². The smallest absolute Gasteiger partial charge is 0.416 e. The number of nitrogens with two attached hydrogens (primary N) is 1. The van der Waals surface area contributed by atoms with Crippen molar-refractivity contribution in [2.45, 2.75) is 82.0 Å². The number of halogens is 7. The van der Waals surface area contributed by atoms with Gasteiger partial charge in [0.1, 0.15) is 12.4 Å². The topological polar surface area (TPSA) is 84.7 Å². The van der Waals surface area contributed by atoms with Gasteiger partial charge in [-0.1, -0.05) is 49.4 Å². The van der Waals surface area contributed by atoms with Gasteiger partial charge in [-0.15, -0.1) is 6.58 Å². The molecule has 0 aliphatic carbocycles. The number of aryl methyl sites for hydroxylation is 1. The molecule has 3 aromatic carbocycles. The Bertz CT molecular complexity index is 1640. The maximum Gasteiger partial charge on any atom is 0.416 e. The zero-order valence-corrected chi connectivity index (χ0v) is 27.2. The van der Waals surface area contributed by atoms with E-state index in [1.165, 1.54) is 36.9 Å². The van der Waals surface area contributed by atoms with Gasteiger partial charge in [0.2, 0.25) is 5.91 Å². The number of amides is 2. The number of carbonyl (C=O) groups is 2. The number of benzene rings is 3. The first-order chi connectivity index (χ1) is 22.8. The molecule has 1 unspecified atom stereocenters. The highest BCUT2D eigenvalue weighted by Crippen LogP contribution is 2.44. The second-order valence-corrected chi connectivity index (χ2v) is 12.8. The van der Waals surface area contributed by atoms with Crippen LogP contribution >= 0.6 is 0 Å². The second-order valence-electron chi connectivity index (χ2n) is 12.8. The summed E-state index contributed by atoms with van der Waals surface area (Å²) in [5.74, 6) is -2.60. The lowest BCUT2D eigenvalue weighted by Gasteiger charge is -2.49. The Hall–Kier alpha value is -4.39. The van der Waals surface area contributed by atoms with E-state index in [4.69, 9.17) is 10.5 Å². The van der Waals surface area contributed by atoms with Gasteiger partial charge in [0.15, 0.2) is 0 Å². The molecule has 264 valence electrons. The normalized spacial score (nSPS) is 20.2. The summed E-state index contributed by atoms with van der Waals surface area (Å²) in [7, 11) is 0. The molecule has 4 atom stereocenters. The standard InChI is InChI=1S/C36H38F7N3O3/c1-5-13-34(45-32(48)49-21-24-9-7-6-8-10-24)14-15-46(30(20-34)29-12-11-28(37)16-22(29)2)31(47)33(4,44)23(3)25-17-26(35(38,39)40)19-27(18-25)36(41,42)43/h5-12,16-19,23,30H,1,13-15,20-21,44H2,2-4H3,(H,45,48)/t23-,30-,33?,34+/m1/s1. The van der Waals surface area contributed by atoms with Gasteiger partial charge in [-0.2, -0.15) is 26.3 Å². The highest BCUT2D eigenvalue weighted by Gasteiger charge is 2.48. The zero-order chi connectivity index (χ0) is 36.4. The molecule has 0 saturated carbocycles. The highest BCUT2D eigenvalue weighted by molar-refractivity contribution is 5.87. The fourth-order valence-corrected chi connectivity index (χ4v) is 6.28. The van der Waals surface area contributed by atoms with Crippen LogP contribution in [-0.4, -0.2) is 34.5 Å². The number of likely N-dealkylation sites (tertiary alicyclic amines) is 1. The van der Waals surface area contributed by atoms with Crippen LogP contribution < -0.4 is 11.1 Å². The summed E-state index contributed by atoms with van der Waals surface area (Å²) in [6.07, 6.45) is -8.78. The fraction of sp³-hybridized carbons (Fsp3) is 0.389. The zero-order valence-electron chi connectivity index (χ0n) is 27.2. The number of alkyl halides is 6. The molecule has 0 radical (unpaired) electrons. The molecule has 6 nitrogen and oxygen atoms in total. The van der Waals surface area contributed by atoms with E-state index in [9.17, 15) is 40.3 Å². The van der Waals surface area contributed by atoms with Crippen molar-refractivity contribution in [2.24, 2.45) is 5.73 Å². The van der Waals surface area contributed by atoms with E-state index in [0.717, 1.165) is 5.56 Å². The van der Waals surface area contributed by atoms with Crippen molar-refractivity contribution in [3.05, 3.63) is 119 Å². The van der Waals surface area contributed by atoms with E-state index in [2.05, 4.69) is 11.9 Å². The first-order valence-corrected chi connectivity index (χ1v) is 15.5. The summed E-state index contributed by atoms with van der Waals surface area (Å²) in [5.41, 5.74) is 1.87. The van der Waals surface area contributed by atoms with Crippen molar-refractivity contribution in [1.29, 1.82) is 0 Å². The van der Waals surface area contributed by atoms with E-state index in [1.807, 2.05) is 6.07 Å². The number of nitrogens with zero attached hydrogens (tertiary/aromatic N) is 1. The largest absolute Gasteiger partial charge is 0.445 e. The molecule has 0 bridgehead atoms. The molecule has 3 aromatic rings. The minimum Gasteiger partial charge on any atom is -0.445 e. The van der Waals surface area contributed by atoms with Gasteiger partial charge < -0.3 is 20.7 Å². The summed E-state index contributed by atoms with van der Waals surface area (Å²) in [6.45, 7) is 7.98. The van der Waals surface area contributed by atoms with Gasteiger partial charge >= 0.3 is 18.4 Å². The Kier molecular flexibility index (Phi) is 10.9. The van der Waals surface area contributed by atoms with E-state index in [1.54, 1.807) is 37.3 Å². The fourth-order valence-electron chi connectivity index (χ4n) is 6.28. The summed E-state index contributed by atoms with van der Waals surface area (Å²) in [4.78, 5) is 28.8. The number of hydrogen-bond acceptors (Lipinski definition) is 4. The van der Waals surface area contributed by atoms with Gasteiger partial charge in [0.25, 0.3) is 0 Å². The van der Waals surface area contributed by atoms with Crippen LogP contribution in [0.1, 0.15) is 78.5 Å². The lowest BCUT2D eigenvalue weighted by molar-refractivity contribution is -0.143. The van der Waals surface area contributed by atoms with Gasteiger partial charge in [-0.25, -0.2) is 9.18 Å². The molecule has 3 N–H and O–H groups in total. The Morgan fingerprint density at radius 3 is 2.20 bits per heavy atom. The van der Waals surface area contributed by atoms with Crippen LogP contribution in [0.2, 0.25) is 0 Å². The number of nitrogens with one attached hydrogen (secondary N) is 1. The van der Waals surface area contributed by atoms with Crippen molar-refractivity contribution in [2.75, 3.05) is 6.54 Å².